The molecule has 5 heteroatoms. The van der Waals surface area contributed by atoms with Gasteiger partial charge in [0.15, 0.2) is 0 Å². The number of hydrogen-bond donors (Lipinski definition) is 3. The number of carbonyl (C=O) groups is 1. The Labute approximate surface area is 112 Å². The number of nitrogens with one attached hydrogen (secondary N) is 2. The van der Waals surface area contributed by atoms with Crippen molar-refractivity contribution in [2.45, 2.75) is 25.3 Å². The number of amides is 2. The van der Waals surface area contributed by atoms with Gasteiger partial charge in [0.05, 0.1) is 6.61 Å². The zero-order valence-corrected chi connectivity index (χ0v) is 11.6. The second-order valence-electron chi connectivity index (χ2n) is 4.09. The monoisotopic (exact) mass is 268 g/mol. The first kappa shape index (κ1) is 14.9. The number of aliphatic hydroxyl groups excluding tert-OH is 1. The lowest BCUT2D eigenvalue weighted by Crippen LogP contribution is -2.38. The van der Waals surface area contributed by atoms with Crippen LogP contribution in [-0.2, 0) is 13.2 Å². The Morgan fingerprint density at radius 3 is 2.78 bits per heavy atom. The van der Waals surface area contributed by atoms with Crippen molar-refractivity contribution in [2.75, 3.05) is 12.8 Å². The standard InChI is InChI=1S/C13H20N2O2S/c1-10(18-2)7-14-13(17)15-8-11-4-3-5-12(6-11)9-16/h3-6,10,16H,7-9H2,1-2H3,(H2,14,15,17)/t10-/m0/s1. The molecule has 0 unspecified atom stereocenters. The maximum Gasteiger partial charge on any atom is 0.315 e. The molecule has 1 aromatic carbocycles. The van der Waals surface area contributed by atoms with Gasteiger partial charge in [-0.05, 0) is 17.4 Å². The number of benzene rings is 1. The molecule has 3 N–H and O–H groups in total. The molecule has 0 fully saturated rings. The quantitative estimate of drug-likeness (QED) is 0.736. The lowest BCUT2D eigenvalue weighted by atomic mass is 10.1. The summed E-state index contributed by atoms with van der Waals surface area (Å²) in [4.78, 5) is 11.5. The first-order valence-corrected chi connectivity index (χ1v) is 7.17. The average Bonchev–Trinajstić information content (AvgIpc) is 2.42. The van der Waals surface area contributed by atoms with Gasteiger partial charge in [-0.25, -0.2) is 4.79 Å². The van der Waals surface area contributed by atoms with E-state index < -0.39 is 0 Å². The molecular weight excluding hydrogens is 248 g/mol. The maximum atomic E-state index is 11.5. The van der Waals surface area contributed by atoms with Crippen molar-refractivity contribution >= 4 is 17.8 Å². The highest BCUT2D eigenvalue weighted by molar-refractivity contribution is 7.99. The molecule has 0 aliphatic heterocycles. The van der Waals surface area contributed by atoms with Crippen LogP contribution >= 0.6 is 11.8 Å². The molecular formula is C13H20N2O2S. The highest BCUT2D eigenvalue weighted by Gasteiger charge is 2.03. The van der Waals surface area contributed by atoms with Gasteiger partial charge in [-0.2, -0.15) is 11.8 Å². The molecule has 0 aliphatic carbocycles. The van der Waals surface area contributed by atoms with E-state index in [0.29, 0.717) is 18.3 Å². The molecule has 0 aromatic heterocycles. The summed E-state index contributed by atoms with van der Waals surface area (Å²) in [6.45, 7) is 3.21. The predicted molar refractivity (Wildman–Crippen MR) is 75.6 cm³/mol. The average molecular weight is 268 g/mol. The molecule has 4 nitrogen and oxygen atoms in total. The summed E-state index contributed by atoms with van der Waals surface area (Å²) in [5.74, 6) is 0. The third-order valence-electron chi connectivity index (χ3n) is 2.58. The van der Waals surface area contributed by atoms with Gasteiger partial charge in [-0.15, -0.1) is 0 Å². The minimum absolute atomic E-state index is 0.0191. The second kappa shape index (κ2) is 8.00. The molecule has 1 rings (SSSR count). The van der Waals surface area contributed by atoms with Crippen LogP contribution in [0.4, 0.5) is 4.79 Å². The van der Waals surface area contributed by atoms with E-state index in [4.69, 9.17) is 5.11 Å². The van der Waals surface area contributed by atoms with Gasteiger partial charge >= 0.3 is 6.03 Å². The van der Waals surface area contributed by atoms with Crippen LogP contribution < -0.4 is 10.6 Å². The largest absolute Gasteiger partial charge is 0.392 e. The summed E-state index contributed by atoms with van der Waals surface area (Å²) < 4.78 is 0. The van der Waals surface area contributed by atoms with Crippen LogP contribution in [0.15, 0.2) is 24.3 Å². The fraction of sp³-hybridized carbons (Fsp3) is 0.462. The fourth-order valence-electron chi connectivity index (χ4n) is 1.40. The topological polar surface area (TPSA) is 61.4 Å². The van der Waals surface area contributed by atoms with Crippen molar-refractivity contribution in [1.82, 2.24) is 10.6 Å². The second-order valence-corrected chi connectivity index (χ2v) is 5.36. The van der Waals surface area contributed by atoms with Gasteiger partial charge in [0, 0.05) is 18.3 Å². The molecule has 0 heterocycles. The number of thioether (sulfide) groups is 1. The van der Waals surface area contributed by atoms with Gasteiger partial charge in [-0.3, -0.25) is 0 Å². The zero-order valence-electron chi connectivity index (χ0n) is 10.8. The van der Waals surface area contributed by atoms with Crippen LogP contribution in [0.3, 0.4) is 0 Å². The fourth-order valence-corrected chi connectivity index (χ4v) is 1.65. The van der Waals surface area contributed by atoms with Gasteiger partial charge < -0.3 is 15.7 Å². The number of rotatable bonds is 6. The summed E-state index contributed by atoms with van der Waals surface area (Å²) in [6.07, 6.45) is 2.02. The van der Waals surface area contributed by atoms with Crippen molar-refractivity contribution in [3.63, 3.8) is 0 Å². The van der Waals surface area contributed by atoms with Crippen molar-refractivity contribution in [3.8, 4) is 0 Å². The number of urea groups is 1. The van der Waals surface area contributed by atoms with E-state index in [1.165, 1.54) is 0 Å². The smallest absolute Gasteiger partial charge is 0.315 e. The van der Waals surface area contributed by atoms with E-state index in [1.807, 2.05) is 30.5 Å². The molecule has 0 bridgehead atoms. The van der Waals surface area contributed by atoms with Gasteiger partial charge in [0.2, 0.25) is 0 Å². The molecule has 1 aromatic rings. The van der Waals surface area contributed by atoms with E-state index in [-0.39, 0.29) is 12.6 Å². The highest BCUT2D eigenvalue weighted by Crippen LogP contribution is 2.05. The Bertz CT molecular complexity index is 385. The Morgan fingerprint density at radius 2 is 2.11 bits per heavy atom. The lowest BCUT2D eigenvalue weighted by Gasteiger charge is -2.11. The lowest BCUT2D eigenvalue weighted by molar-refractivity contribution is 0.240. The van der Waals surface area contributed by atoms with E-state index in [1.54, 1.807) is 11.8 Å². The predicted octanol–water partition coefficient (Wildman–Crippen LogP) is 1.73. The van der Waals surface area contributed by atoms with Crippen molar-refractivity contribution < 1.29 is 9.90 Å². The third-order valence-corrected chi connectivity index (χ3v) is 3.55. The van der Waals surface area contributed by atoms with E-state index in [2.05, 4.69) is 17.6 Å². The third kappa shape index (κ3) is 5.42. The van der Waals surface area contributed by atoms with Crippen LogP contribution in [0.1, 0.15) is 18.1 Å². The summed E-state index contributed by atoms with van der Waals surface area (Å²) in [5.41, 5.74) is 1.83. The highest BCUT2D eigenvalue weighted by atomic mass is 32.2. The van der Waals surface area contributed by atoms with E-state index in [9.17, 15) is 4.79 Å². The van der Waals surface area contributed by atoms with Crippen molar-refractivity contribution in [3.05, 3.63) is 35.4 Å². The number of aliphatic hydroxyl groups is 1. The minimum atomic E-state index is -0.162. The van der Waals surface area contributed by atoms with E-state index >= 15 is 0 Å². The van der Waals surface area contributed by atoms with Crippen LogP contribution in [0.25, 0.3) is 0 Å². The normalized spacial score (nSPS) is 11.9. The molecule has 0 aliphatic rings. The van der Waals surface area contributed by atoms with Gasteiger partial charge in [-0.1, -0.05) is 31.2 Å². The summed E-state index contributed by atoms with van der Waals surface area (Å²) in [6, 6.07) is 7.36. The van der Waals surface area contributed by atoms with Crippen LogP contribution in [0.5, 0.6) is 0 Å². The summed E-state index contributed by atoms with van der Waals surface area (Å²) in [7, 11) is 0. The van der Waals surface area contributed by atoms with E-state index in [0.717, 1.165) is 11.1 Å². The molecule has 0 saturated heterocycles. The van der Waals surface area contributed by atoms with Gasteiger partial charge in [0.25, 0.3) is 0 Å². The Hall–Kier alpha value is -1.20. The van der Waals surface area contributed by atoms with Crippen LogP contribution in [0.2, 0.25) is 0 Å². The SMILES string of the molecule is CS[C@@H](C)CNC(=O)NCc1cccc(CO)c1. The Kier molecular flexibility index (Phi) is 6.60. The first-order valence-electron chi connectivity index (χ1n) is 5.89. The first-order chi connectivity index (χ1) is 8.65. The Balaban J connectivity index is 2.33. The molecule has 0 spiro atoms. The van der Waals surface area contributed by atoms with Gasteiger partial charge in [0.1, 0.15) is 0 Å². The molecule has 2 amide bonds. The Morgan fingerprint density at radius 1 is 1.39 bits per heavy atom. The molecule has 0 saturated carbocycles. The summed E-state index contributed by atoms with van der Waals surface area (Å²) in [5, 5.41) is 15.0. The van der Waals surface area contributed by atoms with Crippen molar-refractivity contribution in [1.29, 1.82) is 0 Å². The number of carbonyl (C=O) groups excluding carboxylic acids is 1. The van der Waals surface area contributed by atoms with Crippen LogP contribution in [0, 0.1) is 0 Å². The molecule has 0 radical (unpaired) electrons. The minimum Gasteiger partial charge on any atom is -0.392 e. The number of hydrogen-bond acceptors (Lipinski definition) is 3. The van der Waals surface area contributed by atoms with Crippen molar-refractivity contribution in [2.24, 2.45) is 0 Å². The molecule has 1 atom stereocenters. The van der Waals surface area contributed by atoms with Crippen LogP contribution in [-0.4, -0.2) is 29.2 Å². The molecule has 100 valence electrons. The maximum absolute atomic E-state index is 11.5. The molecule has 18 heavy (non-hydrogen) atoms. The zero-order chi connectivity index (χ0) is 13.4. The summed E-state index contributed by atoms with van der Waals surface area (Å²) >= 11 is 1.72.